The van der Waals surface area contributed by atoms with Crippen molar-refractivity contribution in [2.45, 2.75) is 19.8 Å². The molecule has 0 atom stereocenters. The van der Waals surface area contributed by atoms with Crippen molar-refractivity contribution in [1.29, 1.82) is 0 Å². The molecule has 2 rings (SSSR count). The minimum absolute atomic E-state index is 0.185. The molecule has 0 unspecified atom stereocenters. The van der Waals surface area contributed by atoms with Gasteiger partial charge in [-0.05, 0) is 18.6 Å². The van der Waals surface area contributed by atoms with Crippen LogP contribution in [0.15, 0.2) is 18.2 Å². The minimum Gasteiger partial charge on any atom is -0.494 e. The van der Waals surface area contributed by atoms with Gasteiger partial charge in [-0.2, -0.15) is 5.10 Å². The van der Waals surface area contributed by atoms with E-state index in [9.17, 15) is 4.39 Å². The Labute approximate surface area is 117 Å². The Hall–Kier alpha value is -2.24. The molecule has 1 aromatic heterocycles. The lowest BCUT2D eigenvalue weighted by molar-refractivity contribution is 0.387. The van der Waals surface area contributed by atoms with Gasteiger partial charge in [0, 0.05) is 18.8 Å². The highest BCUT2D eigenvalue weighted by atomic mass is 19.1. The summed E-state index contributed by atoms with van der Waals surface area (Å²) in [5.41, 5.74) is 8.27. The van der Waals surface area contributed by atoms with Crippen molar-refractivity contribution < 1.29 is 9.13 Å². The number of nitrogens with one attached hydrogen (secondary N) is 1. The molecule has 3 N–H and O–H groups in total. The van der Waals surface area contributed by atoms with Crippen LogP contribution < -0.4 is 15.8 Å². The molecule has 0 spiro atoms. The van der Waals surface area contributed by atoms with Crippen molar-refractivity contribution in [1.82, 2.24) is 9.78 Å². The van der Waals surface area contributed by atoms with Crippen LogP contribution in [0.3, 0.4) is 0 Å². The van der Waals surface area contributed by atoms with E-state index in [2.05, 4.69) is 17.3 Å². The van der Waals surface area contributed by atoms with E-state index < -0.39 is 5.82 Å². The number of aryl methyl sites for hydroxylation is 2. The highest BCUT2D eigenvalue weighted by molar-refractivity contribution is 5.71. The molecule has 0 saturated heterocycles. The molecule has 0 aliphatic heterocycles. The van der Waals surface area contributed by atoms with Crippen LogP contribution in [0.4, 0.5) is 21.6 Å². The van der Waals surface area contributed by atoms with Crippen LogP contribution in [0.2, 0.25) is 0 Å². The zero-order valence-corrected chi connectivity index (χ0v) is 11.9. The Morgan fingerprint density at radius 3 is 2.85 bits per heavy atom. The second-order valence-electron chi connectivity index (χ2n) is 4.56. The number of hydrogen-bond acceptors (Lipinski definition) is 4. The number of halogens is 1. The maximum absolute atomic E-state index is 13.4. The number of nitrogens with two attached hydrogens (primary N) is 1. The molecular weight excluding hydrogens is 259 g/mol. The predicted octanol–water partition coefficient (Wildman–Crippen LogP) is 2.85. The van der Waals surface area contributed by atoms with Crippen molar-refractivity contribution in [3.63, 3.8) is 0 Å². The lowest BCUT2D eigenvalue weighted by atomic mass is 10.2. The SMILES string of the molecule is CCCc1nn(C)c(Nc2ccc(F)c(OC)c2)c1N. The van der Waals surface area contributed by atoms with Crippen LogP contribution in [0, 0.1) is 5.82 Å². The van der Waals surface area contributed by atoms with Gasteiger partial charge in [-0.3, -0.25) is 4.68 Å². The molecule has 5 nitrogen and oxygen atoms in total. The monoisotopic (exact) mass is 278 g/mol. The third kappa shape index (κ3) is 2.68. The fraction of sp³-hybridized carbons (Fsp3) is 0.357. The standard InChI is InChI=1S/C14H19FN4O/c1-4-5-11-13(16)14(19(2)18-11)17-9-6-7-10(15)12(8-9)20-3/h6-8,17H,4-5,16H2,1-3H3. The van der Waals surface area contributed by atoms with E-state index in [0.717, 1.165) is 18.5 Å². The molecule has 0 fully saturated rings. The number of methoxy groups -OCH3 is 1. The van der Waals surface area contributed by atoms with Crippen LogP contribution in [0.25, 0.3) is 0 Å². The van der Waals surface area contributed by atoms with E-state index in [0.29, 0.717) is 17.2 Å². The number of aromatic nitrogens is 2. The summed E-state index contributed by atoms with van der Waals surface area (Å²) in [4.78, 5) is 0. The first kappa shape index (κ1) is 14.2. The van der Waals surface area contributed by atoms with Gasteiger partial charge in [-0.1, -0.05) is 13.3 Å². The Kier molecular flexibility index (Phi) is 4.12. The summed E-state index contributed by atoms with van der Waals surface area (Å²) in [5, 5.41) is 7.53. The van der Waals surface area contributed by atoms with Gasteiger partial charge >= 0.3 is 0 Å². The number of ether oxygens (including phenoxy) is 1. The van der Waals surface area contributed by atoms with Gasteiger partial charge in [0.15, 0.2) is 17.4 Å². The van der Waals surface area contributed by atoms with Gasteiger partial charge in [0.2, 0.25) is 0 Å². The number of nitrogens with zero attached hydrogens (tertiary/aromatic N) is 2. The van der Waals surface area contributed by atoms with Gasteiger partial charge < -0.3 is 15.8 Å². The van der Waals surface area contributed by atoms with Crippen molar-refractivity contribution >= 4 is 17.2 Å². The number of benzene rings is 1. The third-order valence-corrected chi connectivity index (χ3v) is 3.06. The van der Waals surface area contributed by atoms with Gasteiger partial charge in [-0.15, -0.1) is 0 Å². The first-order chi connectivity index (χ1) is 9.56. The fourth-order valence-electron chi connectivity index (χ4n) is 2.04. The average Bonchev–Trinajstić information content (AvgIpc) is 2.69. The summed E-state index contributed by atoms with van der Waals surface area (Å²) < 4.78 is 20.0. The van der Waals surface area contributed by atoms with Crippen LogP contribution in [0.1, 0.15) is 19.0 Å². The first-order valence-corrected chi connectivity index (χ1v) is 6.48. The maximum atomic E-state index is 13.4. The molecule has 1 aromatic carbocycles. The van der Waals surface area contributed by atoms with E-state index in [-0.39, 0.29) is 5.75 Å². The molecule has 20 heavy (non-hydrogen) atoms. The normalized spacial score (nSPS) is 10.6. The van der Waals surface area contributed by atoms with Crippen LogP contribution >= 0.6 is 0 Å². The first-order valence-electron chi connectivity index (χ1n) is 6.48. The highest BCUT2D eigenvalue weighted by Gasteiger charge is 2.13. The molecular formula is C14H19FN4O. The maximum Gasteiger partial charge on any atom is 0.165 e. The van der Waals surface area contributed by atoms with Gasteiger partial charge in [0.25, 0.3) is 0 Å². The molecule has 2 aromatic rings. The van der Waals surface area contributed by atoms with E-state index in [1.54, 1.807) is 16.8 Å². The number of rotatable bonds is 5. The van der Waals surface area contributed by atoms with Gasteiger partial charge in [0.05, 0.1) is 18.5 Å². The van der Waals surface area contributed by atoms with E-state index in [4.69, 9.17) is 10.5 Å². The second-order valence-corrected chi connectivity index (χ2v) is 4.56. The van der Waals surface area contributed by atoms with Crippen LogP contribution in [-0.2, 0) is 13.5 Å². The zero-order valence-electron chi connectivity index (χ0n) is 11.9. The van der Waals surface area contributed by atoms with E-state index >= 15 is 0 Å². The molecule has 0 aliphatic rings. The molecule has 0 amide bonds. The molecule has 0 bridgehead atoms. The third-order valence-electron chi connectivity index (χ3n) is 3.06. The summed E-state index contributed by atoms with van der Waals surface area (Å²) in [6.07, 6.45) is 1.80. The second kappa shape index (κ2) is 5.81. The summed E-state index contributed by atoms with van der Waals surface area (Å²) >= 11 is 0. The van der Waals surface area contributed by atoms with Crippen LogP contribution in [0.5, 0.6) is 5.75 Å². The van der Waals surface area contributed by atoms with Crippen LogP contribution in [-0.4, -0.2) is 16.9 Å². The molecule has 0 radical (unpaired) electrons. The predicted molar refractivity (Wildman–Crippen MR) is 77.9 cm³/mol. The van der Waals surface area contributed by atoms with Gasteiger partial charge in [0.1, 0.15) is 0 Å². The number of anilines is 3. The summed E-state index contributed by atoms with van der Waals surface area (Å²) in [6.45, 7) is 2.08. The van der Waals surface area contributed by atoms with Crippen molar-refractivity contribution in [2.24, 2.45) is 7.05 Å². The van der Waals surface area contributed by atoms with E-state index in [1.807, 2.05) is 7.05 Å². The number of hydrogen-bond donors (Lipinski definition) is 2. The zero-order chi connectivity index (χ0) is 14.7. The Balaban J connectivity index is 2.30. The summed E-state index contributed by atoms with van der Waals surface area (Å²) in [5.74, 6) is 0.481. The molecule has 0 saturated carbocycles. The van der Waals surface area contributed by atoms with Crippen molar-refractivity contribution in [3.05, 3.63) is 29.7 Å². The Bertz CT molecular complexity index is 609. The highest BCUT2D eigenvalue weighted by Crippen LogP contribution is 2.29. The molecule has 6 heteroatoms. The molecule has 0 aliphatic carbocycles. The lowest BCUT2D eigenvalue weighted by Crippen LogP contribution is -2.02. The Morgan fingerprint density at radius 1 is 1.45 bits per heavy atom. The molecule has 108 valence electrons. The Morgan fingerprint density at radius 2 is 2.20 bits per heavy atom. The van der Waals surface area contributed by atoms with Crippen molar-refractivity contribution in [2.75, 3.05) is 18.2 Å². The van der Waals surface area contributed by atoms with Gasteiger partial charge in [-0.25, -0.2) is 4.39 Å². The smallest absolute Gasteiger partial charge is 0.165 e. The summed E-state index contributed by atoms with van der Waals surface area (Å²) in [7, 11) is 3.25. The average molecular weight is 278 g/mol. The summed E-state index contributed by atoms with van der Waals surface area (Å²) in [6, 6.07) is 4.56. The topological polar surface area (TPSA) is 65.1 Å². The fourth-order valence-corrected chi connectivity index (χ4v) is 2.04. The molecule has 1 heterocycles. The van der Waals surface area contributed by atoms with Crippen molar-refractivity contribution in [3.8, 4) is 5.75 Å². The quantitative estimate of drug-likeness (QED) is 0.882. The van der Waals surface area contributed by atoms with E-state index in [1.165, 1.54) is 13.2 Å². The lowest BCUT2D eigenvalue weighted by Gasteiger charge is -2.09. The minimum atomic E-state index is -0.400. The number of nitrogen functional groups attached to an aromatic ring is 1. The largest absolute Gasteiger partial charge is 0.494 e.